The Kier molecular flexibility index (Phi) is 3.57. The Morgan fingerprint density at radius 2 is 2.05 bits per heavy atom. The van der Waals surface area contributed by atoms with Crippen molar-refractivity contribution in [2.45, 2.75) is 26.7 Å². The number of rotatable bonds is 1. The molecule has 1 fully saturated rings. The summed E-state index contributed by atoms with van der Waals surface area (Å²) in [6, 6.07) is 6.85. The van der Waals surface area contributed by atoms with Crippen molar-refractivity contribution < 1.29 is 9.18 Å². The maximum absolute atomic E-state index is 13.5. The van der Waals surface area contributed by atoms with Gasteiger partial charge in [0.25, 0.3) is 5.91 Å². The zero-order valence-corrected chi connectivity index (χ0v) is 11.2. The smallest absolute Gasteiger partial charge is 0.253 e. The van der Waals surface area contributed by atoms with E-state index >= 15 is 0 Å². The number of hydrogen-bond acceptors (Lipinski definition) is 2. The van der Waals surface area contributed by atoms with Gasteiger partial charge >= 0.3 is 0 Å². The normalized spacial score (nSPS) is 17.9. The van der Waals surface area contributed by atoms with E-state index in [1.165, 1.54) is 6.07 Å². The lowest BCUT2D eigenvalue weighted by Crippen LogP contribution is -2.41. The molecule has 1 aliphatic heterocycles. The molecule has 1 saturated heterocycles. The Bertz CT molecular complexity index is 540. The van der Waals surface area contributed by atoms with Crippen molar-refractivity contribution >= 4 is 5.91 Å². The second-order valence-electron chi connectivity index (χ2n) is 5.43. The van der Waals surface area contributed by atoms with E-state index in [0.29, 0.717) is 37.1 Å². The number of piperidine rings is 1. The van der Waals surface area contributed by atoms with Gasteiger partial charge < -0.3 is 4.90 Å². The molecule has 1 aromatic rings. The first-order chi connectivity index (χ1) is 8.95. The Morgan fingerprint density at radius 3 is 2.58 bits per heavy atom. The lowest BCUT2D eigenvalue weighted by Gasteiger charge is -2.35. The van der Waals surface area contributed by atoms with Gasteiger partial charge in [-0.3, -0.25) is 4.79 Å². The highest BCUT2D eigenvalue weighted by Gasteiger charge is 2.32. The number of hydrogen-bond donors (Lipinski definition) is 0. The highest BCUT2D eigenvalue weighted by Crippen LogP contribution is 2.30. The highest BCUT2D eigenvalue weighted by molar-refractivity contribution is 5.94. The molecule has 0 spiro atoms. The van der Waals surface area contributed by atoms with Crippen molar-refractivity contribution in [1.82, 2.24) is 4.90 Å². The lowest BCUT2D eigenvalue weighted by molar-refractivity contribution is 0.0661. The summed E-state index contributed by atoms with van der Waals surface area (Å²) in [5.74, 6) is -0.511. The molecule has 0 aliphatic carbocycles. The van der Waals surface area contributed by atoms with E-state index < -0.39 is 0 Å². The van der Waals surface area contributed by atoms with Gasteiger partial charge in [-0.15, -0.1) is 0 Å². The standard InChI is InChI=1S/C15H17FN2O/c1-11-3-4-12(9-13(11)16)14(19)18-7-5-15(2,10-17)6-8-18/h3-4,9H,5-8H2,1-2H3. The van der Waals surface area contributed by atoms with Gasteiger partial charge in [0.05, 0.1) is 11.5 Å². The number of nitrogens with zero attached hydrogens (tertiary/aromatic N) is 2. The fraction of sp³-hybridized carbons (Fsp3) is 0.467. The van der Waals surface area contributed by atoms with E-state index in [0.717, 1.165) is 0 Å². The van der Waals surface area contributed by atoms with Gasteiger partial charge in [0, 0.05) is 18.7 Å². The Hall–Kier alpha value is -1.89. The van der Waals surface area contributed by atoms with Gasteiger partial charge in [-0.1, -0.05) is 6.07 Å². The first kappa shape index (κ1) is 13.5. The summed E-state index contributed by atoms with van der Waals surface area (Å²) in [6.07, 6.45) is 1.34. The van der Waals surface area contributed by atoms with Crippen LogP contribution in [0.1, 0.15) is 35.7 Å². The van der Waals surface area contributed by atoms with E-state index in [1.54, 1.807) is 24.0 Å². The van der Waals surface area contributed by atoms with Crippen LogP contribution in [-0.2, 0) is 0 Å². The van der Waals surface area contributed by atoms with Crippen molar-refractivity contribution in [3.63, 3.8) is 0 Å². The number of carbonyl (C=O) groups excluding carboxylic acids is 1. The summed E-state index contributed by atoms with van der Waals surface area (Å²) in [5.41, 5.74) is 0.575. The summed E-state index contributed by atoms with van der Waals surface area (Å²) in [4.78, 5) is 13.9. The van der Waals surface area contributed by atoms with E-state index in [-0.39, 0.29) is 17.1 Å². The maximum Gasteiger partial charge on any atom is 0.253 e. The van der Waals surface area contributed by atoms with Crippen LogP contribution in [0.3, 0.4) is 0 Å². The molecule has 4 heteroatoms. The van der Waals surface area contributed by atoms with E-state index in [2.05, 4.69) is 6.07 Å². The molecule has 1 heterocycles. The first-order valence-electron chi connectivity index (χ1n) is 6.42. The van der Waals surface area contributed by atoms with Crippen LogP contribution in [0.15, 0.2) is 18.2 Å². The molecule has 0 bridgehead atoms. The number of likely N-dealkylation sites (tertiary alicyclic amines) is 1. The van der Waals surface area contributed by atoms with E-state index in [1.807, 2.05) is 6.92 Å². The predicted octanol–water partition coefficient (Wildman–Crippen LogP) is 2.90. The molecule has 1 aliphatic rings. The van der Waals surface area contributed by atoms with Crippen LogP contribution in [-0.4, -0.2) is 23.9 Å². The second kappa shape index (κ2) is 5.00. The van der Waals surface area contributed by atoms with Crippen molar-refractivity contribution in [2.75, 3.05) is 13.1 Å². The zero-order chi connectivity index (χ0) is 14.0. The SMILES string of the molecule is Cc1ccc(C(=O)N2CCC(C)(C#N)CC2)cc1F. The van der Waals surface area contributed by atoms with Gasteiger partial charge in [-0.2, -0.15) is 5.26 Å². The molecule has 0 atom stereocenters. The van der Waals surface area contributed by atoms with Crippen molar-refractivity contribution in [2.24, 2.45) is 5.41 Å². The molecule has 0 unspecified atom stereocenters. The average Bonchev–Trinajstić information content (AvgIpc) is 2.42. The van der Waals surface area contributed by atoms with Gasteiger partial charge in [-0.05, 0) is 44.4 Å². The zero-order valence-electron chi connectivity index (χ0n) is 11.2. The van der Waals surface area contributed by atoms with Gasteiger partial charge in [0.2, 0.25) is 0 Å². The van der Waals surface area contributed by atoms with Crippen molar-refractivity contribution in [3.05, 3.63) is 35.1 Å². The van der Waals surface area contributed by atoms with Crippen LogP contribution < -0.4 is 0 Å². The molecule has 0 radical (unpaired) electrons. The number of amides is 1. The molecule has 1 amide bonds. The van der Waals surface area contributed by atoms with E-state index in [4.69, 9.17) is 5.26 Å². The summed E-state index contributed by atoms with van der Waals surface area (Å²) in [5, 5.41) is 9.06. The quantitative estimate of drug-likeness (QED) is 0.779. The summed E-state index contributed by atoms with van der Waals surface area (Å²) in [7, 11) is 0. The Balaban J connectivity index is 2.10. The van der Waals surface area contributed by atoms with Crippen molar-refractivity contribution in [1.29, 1.82) is 5.26 Å². The average molecular weight is 260 g/mol. The fourth-order valence-electron chi connectivity index (χ4n) is 2.22. The minimum Gasteiger partial charge on any atom is -0.339 e. The Morgan fingerprint density at radius 1 is 1.42 bits per heavy atom. The predicted molar refractivity (Wildman–Crippen MR) is 70.0 cm³/mol. The molecule has 2 rings (SSSR count). The van der Waals surface area contributed by atoms with Crippen LogP contribution in [0.2, 0.25) is 0 Å². The van der Waals surface area contributed by atoms with Crippen LogP contribution >= 0.6 is 0 Å². The minimum absolute atomic E-state index is 0.154. The number of halogens is 1. The molecule has 0 N–H and O–H groups in total. The van der Waals surface area contributed by atoms with Crippen LogP contribution in [0.4, 0.5) is 4.39 Å². The first-order valence-corrected chi connectivity index (χ1v) is 6.42. The van der Waals surface area contributed by atoms with Crippen LogP contribution in [0.5, 0.6) is 0 Å². The molecular weight excluding hydrogens is 243 g/mol. The number of aryl methyl sites for hydroxylation is 1. The molecule has 0 aromatic heterocycles. The summed E-state index contributed by atoms with van der Waals surface area (Å²) < 4.78 is 13.5. The third-order valence-corrected chi connectivity index (χ3v) is 3.84. The van der Waals surface area contributed by atoms with E-state index in [9.17, 15) is 9.18 Å². The Labute approximate surface area is 112 Å². The van der Waals surface area contributed by atoms with Crippen LogP contribution in [0, 0.1) is 29.5 Å². The summed E-state index contributed by atoms with van der Waals surface area (Å²) in [6.45, 7) is 4.69. The molecule has 1 aromatic carbocycles. The van der Waals surface area contributed by atoms with Gasteiger partial charge in [0.1, 0.15) is 5.82 Å². The van der Waals surface area contributed by atoms with Crippen molar-refractivity contribution in [3.8, 4) is 6.07 Å². The second-order valence-corrected chi connectivity index (χ2v) is 5.43. The monoisotopic (exact) mass is 260 g/mol. The molecule has 0 saturated carbocycles. The fourth-order valence-corrected chi connectivity index (χ4v) is 2.22. The van der Waals surface area contributed by atoms with Gasteiger partial charge in [0.15, 0.2) is 0 Å². The number of carbonyl (C=O) groups is 1. The maximum atomic E-state index is 13.5. The summed E-state index contributed by atoms with van der Waals surface area (Å²) >= 11 is 0. The molecule has 100 valence electrons. The minimum atomic E-state index is -0.357. The number of benzene rings is 1. The number of nitriles is 1. The van der Waals surface area contributed by atoms with Crippen LogP contribution in [0.25, 0.3) is 0 Å². The third kappa shape index (κ3) is 2.76. The highest BCUT2D eigenvalue weighted by atomic mass is 19.1. The molecular formula is C15H17FN2O. The lowest BCUT2D eigenvalue weighted by atomic mass is 9.82. The third-order valence-electron chi connectivity index (χ3n) is 3.84. The molecule has 3 nitrogen and oxygen atoms in total. The molecule has 19 heavy (non-hydrogen) atoms. The topological polar surface area (TPSA) is 44.1 Å². The van der Waals surface area contributed by atoms with Gasteiger partial charge in [-0.25, -0.2) is 4.39 Å². The largest absolute Gasteiger partial charge is 0.339 e.